The first-order valence-corrected chi connectivity index (χ1v) is 10.2. The van der Waals surface area contributed by atoms with Gasteiger partial charge in [-0.25, -0.2) is 15.0 Å². The van der Waals surface area contributed by atoms with E-state index in [2.05, 4.69) is 20.3 Å². The zero-order chi connectivity index (χ0) is 20.9. The quantitative estimate of drug-likeness (QED) is 0.463. The molecule has 0 unspecified atom stereocenters. The highest BCUT2D eigenvalue weighted by molar-refractivity contribution is 7.15. The molecule has 0 aliphatic carbocycles. The van der Waals surface area contributed by atoms with Crippen LogP contribution in [-0.4, -0.2) is 25.8 Å². The van der Waals surface area contributed by atoms with E-state index in [1.54, 1.807) is 24.8 Å². The summed E-state index contributed by atoms with van der Waals surface area (Å²) in [7, 11) is 0. The highest BCUT2D eigenvalue weighted by Gasteiger charge is 2.14. The third-order valence-electron chi connectivity index (χ3n) is 4.48. The molecule has 4 aromatic heterocycles. The predicted octanol–water partition coefficient (Wildman–Crippen LogP) is 4.38. The lowest BCUT2D eigenvalue weighted by molar-refractivity contribution is -0.118. The molecule has 0 spiro atoms. The van der Waals surface area contributed by atoms with E-state index >= 15 is 0 Å². The molecule has 0 bridgehead atoms. The Bertz CT molecular complexity index is 1160. The number of carbonyl (C=O) groups is 1. The number of aromatic nitrogens is 4. The van der Waals surface area contributed by atoms with Crippen molar-refractivity contribution in [3.05, 3.63) is 72.3 Å². The van der Waals surface area contributed by atoms with Gasteiger partial charge in [0.05, 0.1) is 15.6 Å². The Morgan fingerprint density at radius 2 is 1.87 bits per heavy atom. The van der Waals surface area contributed by atoms with Crippen LogP contribution in [0.15, 0.2) is 67.3 Å². The second-order valence-electron chi connectivity index (χ2n) is 6.83. The molecule has 8 heteroatoms. The highest BCUT2D eigenvalue weighted by atomic mass is 32.1. The standard InChI is InChI=1S/C22H20N6OS/c1-14(11-19(23)29)22-26-13-18(30-22)17-3-2-4-20(27-17)28-21-12-16(7-10-25-21)15-5-8-24-9-6-15/h2-10,12-14H,11H2,1H3,(H2,23,29)(H,25,27,28)/t14-/m0/s1. The Morgan fingerprint density at radius 1 is 1.07 bits per heavy atom. The SMILES string of the molecule is C[C@@H](CC(N)=O)c1ncc(-c2cccc(Nc3cc(-c4ccncc4)ccn3)n2)s1. The summed E-state index contributed by atoms with van der Waals surface area (Å²) >= 11 is 1.52. The average molecular weight is 417 g/mol. The Kier molecular flexibility index (Phi) is 5.76. The maximum Gasteiger partial charge on any atom is 0.218 e. The van der Waals surface area contributed by atoms with Crippen LogP contribution in [-0.2, 0) is 4.79 Å². The summed E-state index contributed by atoms with van der Waals surface area (Å²) in [5.41, 5.74) is 8.22. The molecule has 0 radical (unpaired) electrons. The van der Waals surface area contributed by atoms with Crippen molar-refractivity contribution in [2.75, 3.05) is 5.32 Å². The predicted molar refractivity (Wildman–Crippen MR) is 118 cm³/mol. The molecule has 0 aromatic carbocycles. The van der Waals surface area contributed by atoms with Crippen molar-refractivity contribution < 1.29 is 4.79 Å². The Hall–Kier alpha value is -3.65. The van der Waals surface area contributed by atoms with Crippen LogP contribution >= 0.6 is 11.3 Å². The van der Waals surface area contributed by atoms with Crippen LogP contribution in [0.3, 0.4) is 0 Å². The number of rotatable bonds is 7. The lowest BCUT2D eigenvalue weighted by Crippen LogP contribution is -2.13. The number of hydrogen-bond acceptors (Lipinski definition) is 7. The van der Waals surface area contributed by atoms with Gasteiger partial charge in [0.2, 0.25) is 5.91 Å². The van der Waals surface area contributed by atoms with Crippen molar-refractivity contribution in [1.29, 1.82) is 0 Å². The lowest BCUT2D eigenvalue weighted by atomic mass is 10.1. The summed E-state index contributed by atoms with van der Waals surface area (Å²) in [6.07, 6.45) is 7.36. The van der Waals surface area contributed by atoms with Gasteiger partial charge >= 0.3 is 0 Å². The zero-order valence-corrected chi connectivity index (χ0v) is 17.1. The molecular weight excluding hydrogens is 396 g/mol. The van der Waals surface area contributed by atoms with Crippen molar-refractivity contribution >= 4 is 28.9 Å². The van der Waals surface area contributed by atoms with Gasteiger partial charge in [-0.1, -0.05) is 13.0 Å². The molecule has 150 valence electrons. The van der Waals surface area contributed by atoms with Crippen molar-refractivity contribution in [2.45, 2.75) is 19.3 Å². The number of amides is 1. The minimum Gasteiger partial charge on any atom is -0.370 e. The third-order valence-corrected chi connectivity index (χ3v) is 5.74. The van der Waals surface area contributed by atoms with Gasteiger partial charge in [-0.2, -0.15) is 0 Å². The second kappa shape index (κ2) is 8.79. The molecule has 3 N–H and O–H groups in total. The summed E-state index contributed by atoms with van der Waals surface area (Å²) < 4.78 is 0. The normalized spacial score (nSPS) is 11.8. The van der Waals surface area contributed by atoms with E-state index in [1.165, 1.54) is 11.3 Å². The van der Waals surface area contributed by atoms with E-state index in [-0.39, 0.29) is 18.2 Å². The number of carbonyl (C=O) groups excluding carboxylic acids is 1. The van der Waals surface area contributed by atoms with Crippen LogP contribution in [0.4, 0.5) is 11.6 Å². The smallest absolute Gasteiger partial charge is 0.218 e. The number of thiazole rings is 1. The molecule has 30 heavy (non-hydrogen) atoms. The van der Waals surface area contributed by atoms with E-state index in [1.807, 2.05) is 49.4 Å². The molecule has 1 atom stereocenters. The third kappa shape index (κ3) is 4.66. The lowest BCUT2D eigenvalue weighted by Gasteiger charge is -2.08. The minimum absolute atomic E-state index is 0.0114. The number of nitrogens with one attached hydrogen (secondary N) is 1. The Morgan fingerprint density at radius 3 is 2.67 bits per heavy atom. The molecule has 4 heterocycles. The van der Waals surface area contributed by atoms with Gasteiger partial charge in [0.1, 0.15) is 11.6 Å². The first kappa shape index (κ1) is 19.7. The van der Waals surface area contributed by atoms with Gasteiger partial charge in [-0.05, 0) is 47.5 Å². The molecule has 0 aliphatic rings. The maximum absolute atomic E-state index is 11.2. The zero-order valence-electron chi connectivity index (χ0n) is 16.3. The molecular formula is C22H20N6OS. The van der Waals surface area contributed by atoms with E-state index in [9.17, 15) is 4.79 Å². The van der Waals surface area contributed by atoms with E-state index in [4.69, 9.17) is 10.7 Å². The fourth-order valence-electron chi connectivity index (χ4n) is 3.02. The summed E-state index contributed by atoms with van der Waals surface area (Å²) in [6, 6.07) is 13.6. The van der Waals surface area contributed by atoms with Crippen LogP contribution in [0.2, 0.25) is 0 Å². The fraction of sp³-hybridized carbons (Fsp3) is 0.136. The van der Waals surface area contributed by atoms with Gasteiger partial charge in [0, 0.05) is 37.1 Å². The number of nitrogens with two attached hydrogens (primary N) is 1. The molecule has 4 aromatic rings. The number of pyridine rings is 3. The maximum atomic E-state index is 11.2. The van der Waals surface area contributed by atoms with Crippen molar-refractivity contribution in [2.24, 2.45) is 5.73 Å². The topological polar surface area (TPSA) is 107 Å². The molecule has 7 nitrogen and oxygen atoms in total. The average Bonchev–Trinajstić information content (AvgIpc) is 3.25. The summed E-state index contributed by atoms with van der Waals surface area (Å²) in [4.78, 5) is 29.7. The summed E-state index contributed by atoms with van der Waals surface area (Å²) in [5.74, 6) is 1.05. The van der Waals surface area contributed by atoms with Gasteiger partial charge in [0.25, 0.3) is 0 Å². The van der Waals surface area contributed by atoms with Crippen molar-refractivity contribution in [3.8, 4) is 21.7 Å². The van der Waals surface area contributed by atoms with E-state index in [0.717, 1.165) is 26.7 Å². The highest BCUT2D eigenvalue weighted by Crippen LogP contribution is 2.31. The molecule has 0 aliphatic heterocycles. The monoisotopic (exact) mass is 416 g/mol. The number of nitrogens with zero attached hydrogens (tertiary/aromatic N) is 4. The fourth-order valence-corrected chi connectivity index (χ4v) is 3.96. The van der Waals surface area contributed by atoms with Crippen LogP contribution < -0.4 is 11.1 Å². The van der Waals surface area contributed by atoms with Crippen molar-refractivity contribution in [1.82, 2.24) is 19.9 Å². The number of anilines is 2. The van der Waals surface area contributed by atoms with Crippen LogP contribution in [0.5, 0.6) is 0 Å². The Labute approximate surface area is 178 Å². The van der Waals surface area contributed by atoms with Crippen molar-refractivity contribution in [3.63, 3.8) is 0 Å². The van der Waals surface area contributed by atoms with Gasteiger partial charge in [-0.15, -0.1) is 11.3 Å². The number of hydrogen-bond donors (Lipinski definition) is 2. The van der Waals surface area contributed by atoms with Crippen LogP contribution in [0.25, 0.3) is 21.7 Å². The molecule has 4 rings (SSSR count). The second-order valence-corrected chi connectivity index (χ2v) is 7.90. The molecule has 0 saturated carbocycles. The number of primary amides is 1. The molecule has 0 saturated heterocycles. The van der Waals surface area contributed by atoms with E-state index < -0.39 is 0 Å². The van der Waals surface area contributed by atoms with Crippen LogP contribution in [0, 0.1) is 0 Å². The summed E-state index contributed by atoms with van der Waals surface area (Å²) in [5, 5.41) is 4.14. The Balaban J connectivity index is 1.54. The molecule has 1 amide bonds. The van der Waals surface area contributed by atoms with E-state index in [0.29, 0.717) is 11.6 Å². The molecule has 0 fully saturated rings. The van der Waals surface area contributed by atoms with Gasteiger partial charge < -0.3 is 11.1 Å². The van der Waals surface area contributed by atoms with Crippen LogP contribution in [0.1, 0.15) is 24.3 Å². The largest absolute Gasteiger partial charge is 0.370 e. The summed E-state index contributed by atoms with van der Waals surface area (Å²) in [6.45, 7) is 1.94. The van der Waals surface area contributed by atoms with Gasteiger partial charge in [0.15, 0.2) is 0 Å². The first-order valence-electron chi connectivity index (χ1n) is 9.43. The van der Waals surface area contributed by atoms with Gasteiger partial charge in [-0.3, -0.25) is 9.78 Å². The first-order chi connectivity index (χ1) is 14.6. The minimum atomic E-state index is -0.329.